The molecule has 112 valence electrons. The molecule has 0 unspecified atom stereocenters. The summed E-state index contributed by atoms with van der Waals surface area (Å²) >= 11 is 0. The zero-order chi connectivity index (χ0) is 15.9. The van der Waals surface area contributed by atoms with Gasteiger partial charge in [-0.25, -0.2) is 0 Å². The summed E-state index contributed by atoms with van der Waals surface area (Å²) in [7, 11) is 0. The third-order valence-electron chi connectivity index (χ3n) is 4.70. The summed E-state index contributed by atoms with van der Waals surface area (Å²) in [4.78, 5) is 4.25. The first-order valence-electron chi connectivity index (χ1n) is 8.14. The summed E-state index contributed by atoms with van der Waals surface area (Å²) in [5, 5.41) is 7.52. The van der Waals surface area contributed by atoms with Crippen molar-refractivity contribution in [1.82, 2.24) is 4.98 Å². The van der Waals surface area contributed by atoms with E-state index in [2.05, 4.69) is 83.8 Å². The second kappa shape index (κ2) is 5.17. The van der Waals surface area contributed by atoms with Crippen LogP contribution in [-0.4, -0.2) is 4.98 Å². The minimum Gasteiger partial charge on any atom is -0.264 e. The number of hydrogen-bond acceptors (Lipinski definition) is 1. The minimum absolute atomic E-state index is 1.17. The molecule has 5 aromatic rings. The van der Waals surface area contributed by atoms with Crippen molar-refractivity contribution < 1.29 is 0 Å². The van der Waals surface area contributed by atoms with Gasteiger partial charge in [-0.1, -0.05) is 54.6 Å². The lowest BCUT2D eigenvalue weighted by atomic mass is 9.94. The van der Waals surface area contributed by atoms with Crippen molar-refractivity contribution in [3.63, 3.8) is 0 Å². The smallest absolute Gasteiger partial charge is 0.0346 e. The average molecular weight is 305 g/mol. The van der Waals surface area contributed by atoms with E-state index in [1.165, 1.54) is 43.4 Å². The fourth-order valence-corrected chi connectivity index (χ4v) is 3.47. The average Bonchev–Trinajstić information content (AvgIpc) is 2.65. The van der Waals surface area contributed by atoms with Gasteiger partial charge in [-0.15, -0.1) is 0 Å². The summed E-state index contributed by atoms with van der Waals surface area (Å²) in [5.74, 6) is 0. The fourth-order valence-electron chi connectivity index (χ4n) is 3.47. The van der Waals surface area contributed by atoms with E-state index in [0.29, 0.717) is 0 Å². The van der Waals surface area contributed by atoms with E-state index < -0.39 is 0 Å². The van der Waals surface area contributed by atoms with Gasteiger partial charge in [0.2, 0.25) is 0 Å². The largest absolute Gasteiger partial charge is 0.264 e. The van der Waals surface area contributed by atoms with Gasteiger partial charge in [-0.3, -0.25) is 4.98 Å². The Kier molecular flexibility index (Phi) is 2.86. The van der Waals surface area contributed by atoms with E-state index >= 15 is 0 Å². The minimum atomic E-state index is 1.17. The number of fused-ring (bicyclic) bond motifs is 3. The maximum absolute atomic E-state index is 4.25. The molecule has 0 spiro atoms. The topological polar surface area (TPSA) is 12.9 Å². The number of aromatic nitrogens is 1. The van der Waals surface area contributed by atoms with Crippen molar-refractivity contribution in [2.45, 2.75) is 0 Å². The van der Waals surface area contributed by atoms with Crippen LogP contribution in [0.25, 0.3) is 43.4 Å². The molecule has 0 aliphatic rings. The van der Waals surface area contributed by atoms with Crippen molar-refractivity contribution >= 4 is 32.3 Å². The van der Waals surface area contributed by atoms with Crippen LogP contribution in [0, 0.1) is 0 Å². The zero-order valence-electron chi connectivity index (χ0n) is 13.1. The molecule has 24 heavy (non-hydrogen) atoms. The van der Waals surface area contributed by atoms with Crippen LogP contribution in [0.5, 0.6) is 0 Å². The number of benzene rings is 4. The maximum Gasteiger partial charge on any atom is 0.0346 e. The van der Waals surface area contributed by atoms with Crippen LogP contribution < -0.4 is 0 Å². The van der Waals surface area contributed by atoms with Crippen LogP contribution in [0.4, 0.5) is 0 Å². The summed E-state index contributed by atoms with van der Waals surface area (Å²) in [6, 6.07) is 28.3. The number of pyridine rings is 1. The summed E-state index contributed by atoms with van der Waals surface area (Å²) in [5.41, 5.74) is 2.50. The molecule has 4 aromatic carbocycles. The highest BCUT2D eigenvalue weighted by Gasteiger charge is 2.06. The Labute approximate surface area is 140 Å². The standard InChI is InChI=1S/C23H15N/c1-2-5-18-14-23-19(12-17(18)4-1)6-3-7-22(23)20-9-8-16-10-11-24-15-21(16)13-20/h1-15H. The lowest BCUT2D eigenvalue weighted by Gasteiger charge is -2.10. The van der Waals surface area contributed by atoms with Crippen LogP contribution in [0.15, 0.2) is 91.3 Å². The van der Waals surface area contributed by atoms with E-state index in [9.17, 15) is 0 Å². The molecular formula is C23H15N. The van der Waals surface area contributed by atoms with Gasteiger partial charge < -0.3 is 0 Å². The van der Waals surface area contributed by atoms with Gasteiger partial charge in [0.15, 0.2) is 0 Å². The Morgan fingerprint density at radius 3 is 2.29 bits per heavy atom. The highest BCUT2D eigenvalue weighted by Crippen LogP contribution is 2.33. The molecule has 0 aliphatic heterocycles. The summed E-state index contributed by atoms with van der Waals surface area (Å²) < 4.78 is 0. The Hall–Kier alpha value is -3.19. The Morgan fingerprint density at radius 2 is 1.38 bits per heavy atom. The molecule has 0 fully saturated rings. The molecule has 0 saturated heterocycles. The highest BCUT2D eigenvalue weighted by molar-refractivity contribution is 6.05. The van der Waals surface area contributed by atoms with Gasteiger partial charge in [-0.05, 0) is 62.3 Å². The first kappa shape index (κ1) is 13.3. The van der Waals surface area contributed by atoms with E-state index in [1.54, 1.807) is 0 Å². The fraction of sp³-hybridized carbons (Fsp3) is 0. The van der Waals surface area contributed by atoms with Gasteiger partial charge in [0.1, 0.15) is 0 Å². The summed E-state index contributed by atoms with van der Waals surface area (Å²) in [6.45, 7) is 0. The molecule has 1 heteroatoms. The van der Waals surface area contributed by atoms with Crippen molar-refractivity contribution in [2.75, 3.05) is 0 Å². The molecule has 0 atom stereocenters. The molecular weight excluding hydrogens is 290 g/mol. The molecule has 1 heterocycles. The lowest BCUT2D eigenvalue weighted by molar-refractivity contribution is 1.36. The second-order valence-electron chi connectivity index (χ2n) is 6.16. The summed E-state index contributed by atoms with van der Waals surface area (Å²) in [6.07, 6.45) is 3.77. The van der Waals surface area contributed by atoms with Gasteiger partial charge in [0.05, 0.1) is 0 Å². The van der Waals surface area contributed by atoms with Gasteiger partial charge in [0, 0.05) is 17.8 Å². The van der Waals surface area contributed by atoms with Crippen molar-refractivity contribution in [1.29, 1.82) is 0 Å². The van der Waals surface area contributed by atoms with Crippen molar-refractivity contribution in [3.8, 4) is 11.1 Å². The van der Waals surface area contributed by atoms with Crippen LogP contribution in [0.2, 0.25) is 0 Å². The van der Waals surface area contributed by atoms with E-state index in [4.69, 9.17) is 0 Å². The predicted molar refractivity (Wildman–Crippen MR) is 102 cm³/mol. The number of nitrogens with zero attached hydrogens (tertiary/aromatic N) is 1. The molecule has 0 radical (unpaired) electrons. The van der Waals surface area contributed by atoms with E-state index in [0.717, 1.165) is 0 Å². The Morgan fingerprint density at radius 1 is 0.542 bits per heavy atom. The number of rotatable bonds is 1. The normalized spacial score (nSPS) is 11.3. The SMILES string of the molecule is c1ccc2cc3c(-c4ccc5ccncc5c4)cccc3cc2c1. The molecule has 0 saturated carbocycles. The van der Waals surface area contributed by atoms with Crippen molar-refractivity contribution in [3.05, 3.63) is 91.3 Å². The number of hydrogen-bond donors (Lipinski definition) is 0. The molecule has 1 aromatic heterocycles. The van der Waals surface area contributed by atoms with Gasteiger partial charge >= 0.3 is 0 Å². The first-order valence-corrected chi connectivity index (χ1v) is 8.14. The van der Waals surface area contributed by atoms with Crippen LogP contribution in [0.1, 0.15) is 0 Å². The molecule has 5 rings (SSSR count). The third kappa shape index (κ3) is 2.06. The molecule has 0 bridgehead atoms. The second-order valence-corrected chi connectivity index (χ2v) is 6.16. The third-order valence-corrected chi connectivity index (χ3v) is 4.70. The molecule has 0 N–H and O–H groups in total. The van der Waals surface area contributed by atoms with E-state index in [1.807, 2.05) is 12.4 Å². The lowest BCUT2D eigenvalue weighted by Crippen LogP contribution is -1.84. The Balaban J connectivity index is 1.82. The molecule has 0 amide bonds. The van der Waals surface area contributed by atoms with Gasteiger partial charge in [0.25, 0.3) is 0 Å². The quantitative estimate of drug-likeness (QED) is 0.336. The first-order chi connectivity index (χ1) is 11.9. The predicted octanol–water partition coefficient (Wildman–Crippen LogP) is 6.21. The van der Waals surface area contributed by atoms with Crippen LogP contribution in [-0.2, 0) is 0 Å². The monoisotopic (exact) mass is 305 g/mol. The van der Waals surface area contributed by atoms with Gasteiger partial charge in [-0.2, -0.15) is 0 Å². The van der Waals surface area contributed by atoms with E-state index in [-0.39, 0.29) is 0 Å². The molecule has 0 aliphatic carbocycles. The zero-order valence-corrected chi connectivity index (χ0v) is 13.1. The highest BCUT2D eigenvalue weighted by atomic mass is 14.6. The molecule has 1 nitrogen and oxygen atoms in total. The Bertz CT molecular complexity index is 1200. The maximum atomic E-state index is 4.25. The van der Waals surface area contributed by atoms with Crippen LogP contribution >= 0.6 is 0 Å². The van der Waals surface area contributed by atoms with Crippen LogP contribution in [0.3, 0.4) is 0 Å². The van der Waals surface area contributed by atoms with Crippen molar-refractivity contribution in [2.24, 2.45) is 0 Å².